The van der Waals surface area contributed by atoms with E-state index in [9.17, 15) is 14.4 Å². The van der Waals surface area contributed by atoms with Crippen LogP contribution in [0.15, 0.2) is 48.5 Å². The van der Waals surface area contributed by atoms with Crippen LogP contribution >= 0.6 is 0 Å². The average molecular weight is 590 g/mol. The number of anilines is 1. The van der Waals surface area contributed by atoms with E-state index in [1.807, 2.05) is 45.0 Å². The lowest BCUT2D eigenvalue weighted by Gasteiger charge is -2.35. The molecular weight excluding hydrogens is 538 g/mol. The third kappa shape index (κ3) is 12.2. The van der Waals surface area contributed by atoms with Gasteiger partial charge < -0.3 is 20.3 Å². The van der Waals surface area contributed by atoms with Crippen molar-refractivity contribution in [2.45, 2.75) is 111 Å². The molecule has 0 bridgehead atoms. The molecule has 2 N–H and O–H groups in total. The van der Waals surface area contributed by atoms with Crippen molar-refractivity contribution in [3.05, 3.63) is 65.2 Å². The minimum Gasteiger partial charge on any atom is -0.444 e. The quantitative estimate of drug-likeness (QED) is 0.164. The Morgan fingerprint density at radius 2 is 1.58 bits per heavy atom. The molecule has 2 atom stereocenters. The predicted octanol–water partition coefficient (Wildman–Crippen LogP) is 7.78. The van der Waals surface area contributed by atoms with E-state index in [0.29, 0.717) is 29.8 Å². The van der Waals surface area contributed by atoms with Crippen molar-refractivity contribution in [3.8, 4) is 12.3 Å². The van der Waals surface area contributed by atoms with E-state index in [1.54, 1.807) is 49.9 Å². The number of aryl methyl sites for hydroxylation is 1. The van der Waals surface area contributed by atoms with Gasteiger partial charge in [-0.25, -0.2) is 4.79 Å². The topological polar surface area (TPSA) is 87.7 Å². The lowest BCUT2D eigenvalue weighted by atomic mass is 9.98. The van der Waals surface area contributed by atoms with Crippen molar-refractivity contribution in [3.63, 3.8) is 0 Å². The zero-order valence-electron chi connectivity index (χ0n) is 27.2. The van der Waals surface area contributed by atoms with Crippen LogP contribution in [0.2, 0.25) is 0 Å². The highest BCUT2D eigenvalue weighted by atomic mass is 16.6. The second-order valence-electron chi connectivity index (χ2n) is 12.6. The van der Waals surface area contributed by atoms with Crippen LogP contribution in [0.25, 0.3) is 0 Å². The second kappa shape index (κ2) is 17.4. The summed E-state index contributed by atoms with van der Waals surface area (Å²) in [6.07, 6.45) is 11.5. The smallest absolute Gasteiger partial charge is 0.408 e. The standard InChI is InChI=1S/C36H51N3O4/c1-9-11-12-13-14-17-24-39(34(41)31(25-26(3)4)38-35(42)43-36(6,7)8)32(29-22-20-28(10-2)21-23-29)33(40)37-30-19-16-15-18-27(30)5/h2,15-16,18-23,26,31-32H,9,11-14,17,24-25H2,1,3-8H3,(H,37,40)(H,38,42). The Labute approximate surface area is 259 Å². The molecule has 0 aliphatic rings. The zero-order chi connectivity index (χ0) is 32.0. The van der Waals surface area contributed by atoms with E-state index in [0.717, 1.165) is 37.7 Å². The normalized spacial score (nSPS) is 12.6. The molecule has 7 heteroatoms. The minimum atomic E-state index is -0.940. The maximum atomic E-state index is 14.5. The van der Waals surface area contributed by atoms with E-state index in [2.05, 4.69) is 23.5 Å². The molecule has 2 aromatic rings. The summed E-state index contributed by atoms with van der Waals surface area (Å²) in [5.41, 5.74) is 2.19. The van der Waals surface area contributed by atoms with E-state index in [-0.39, 0.29) is 17.7 Å². The van der Waals surface area contributed by atoms with Crippen LogP contribution in [0.5, 0.6) is 0 Å². The zero-order valence-corrected chi connectivity index (χ0v) is 27.2. The Morgan fingerprint density at radius 3 is 2.16 bits per heavy atom. The number of ether oxygens (including phenoxy) is 1. The molecule has 7 nitrogen and oxygen atoms in total. The van der Waals surface area contributed by atoms with Gasteiger partial charge in [-0.15, -0.1) is 6.42 Å². The Hall–Kier alpha value is -3.79. The SMILES string of the molecule is C#Cc1ccc(C(C(=O)Nc2ccccc2C)N(CCCCCCCC)C(=O)C(CC(C)C)NC(=O)OC(C)(C)C)cc1. The lowest BCUT2D eigenvalue weighted by molar-refractivity contribution is -0.141. The van der Waals surface area contributed by atoms with Crippen molar-refractivity contribution < 1.29 is 19.1 Å². The molecule has 0 aromatic heterocycles. The predicted molar refractivity (Wildman–Crippen MR) is 175 cm³/mol. The summed E-state index contributed by atoms with van der Waals surface area (Å²) < 4.78 is 5.51. The molecular formula is C36H51N3O4. The number of carbonyl (C=O) groups is 3. The Bertz CT molecular complexity index is 1220. The first kappa shape index (κ1) is 35.4. The van der Waals surface area contributed by atoms with Gasteiger partial charge in [0.05, 0.1) is 0 Å². The molecule has 0 aliphatic heterocycles. The molecule has 0 fully saturated rings. The molecule has 0 radical (unpaired) electrons. The molecule has 2 rings (SSSR count). The summed E-state index contributed by atoms with van der Waals surface area (Å²) >= 11 is 0. The molecule has 43 heavy (non-hydrogen) atoms. The van der Waals surface area contributed by atoms with Gasteiger partial charge in [-0.3, -0.25) is 9.59 Å². The van der Waals surface area contributed by atoms with Crippen LogP contribution in [0.4, 0.5) is 10.5 Å². The number of rotatable bonds is 15. The molecule has 0 aliphatic carbocycles. The summed E-state index contributed by atoms with van der Waals surface area (Å²) in [6, 6.07) is 12.9. The molecule has 2 unspecified atom stereocenters. The number of carbonyl (C=O) groups excluding carboxylic acids is 3. The first-order valence-electron chi connectivity index (χ1n) is 15.6. The summed E-state index contributed by atoms with van der Waals surface area (Å²) in [7, 11) is 0. The number of alkyl carbamates (subject to hydrolysis) is 1. The highest BCUT2D eigenvalue weighted by Gasteiger charge is 2.36. The molecule has 0 saturated heterocycles. The van der Waals surface area contributed by atoms with Crippen molar-refractivity contribution in [1.29, 1.82) is 0 Å². The lowest BCUT2D eigenvalue weighted by Crippen LogP contribution is -2.53. The fourth-order valence-electron chi connectivity index (χ4n) is 4.92. The number of amides is 3. The number of unbranched alkanes of at least 4 members (excludes halogenated alkanes) is 5. The number of hydrogen-bond donors (Lipinski definition) is 2. The monoisotopic (exact) mass is 589 g/mol. The van der Waals surface area contributed by atoms with Crippen LogP contribution in [-0.2, 0) is 14.3 Å². The van der Waals surface area contributed by atoms with Crippen molar-refractivity contribution >= 4 is 23.6 Å². The fourth-order valence-corrected chi connectivity index (χ4v) is 4.92. The summed E-state index contributed by atoms with van der Waals surface area (Å²) in [5.74, 6) is 2.07. The molecule has 0 heterocycles. The van der Waals surface area contributed by atoms with Crippen LogP contribution in [0.3, 0.4) is 0 Å². The van der Waals surface area contributed by atoms with Gasteiger partial charge in [-0.2, -0.15) is 0 Å². The van der Waals surface area contributed by atoms with Crippen LogP contribution in [-0.4, -0.2) is 41.0 Å². The van der Waals surface area contributed by atoms with Gasteiger partial charge in [0, 0.05) is 17.8 Å². The maximum Gasteiger partial charge on any atom is 0.408 e. The van der Waals surface area contributed by atoms with Gasteiger partial charge in [0.15, 0.2) is 0 Å². The third-order valence-electron chi connectivity index (χ3n) is 7.09. The van der Waals surface area contributed by atoms with Crippen molar-refractivity contribution in [2.24, 2.45) is 5.92 Å². The highest BCUT2D eigenvalue weighted by Crippen LogP contribution is 2.27. The largest absolute Gasteiger partial charge is 0.444 e. The molecule has 0 saturated carbocycles. The summed E-state index contributed by atoms with van der Waals surface area (Å²) in [6.45, 7) is 13.8. The number of nitrogens with one attached hydrogen (secondary N) is 2. The fraction of sp³-hybridized carbons (Fsp3) is 0.528. The minimum absolute atomic E-state index is 0.105. The van der Waals surface area contributed by atoms with Crippen molar-refractivity contribution in [2.75, 3.05) is 11.9 Å². The summed E-state index contributed by atoms with van der Waals surface area (Å²) in [5, 5.41) is 5.87. The van der Waals surface area contributed by atoms with Gasteiger partial charge in [-0.1, -0.05) is 89.1 Å². The van der Waals surface area contributed by atoms with E-state index >= 15 is 0 Å². The van der Waals surface area contributed by atoms with Gasteiger partial charge >= 0.3 is 6.09 Å². The first-order chi connectivity index (χ1) is 20.4. The van der Waals surface area contributed by atoms with Gasteiger partial charge in [0.2, 0.25) is 5.91 Å². The number of nitrogens with zero attached hydrogens (tertiary/aromatic N) is 1. The average Bonchev–Trinajstić information content (AvgIpc) is 2.93. The van der Waals surface area contributed by atoms with Gasteiger partial charge in [0.25, 0.3) is 5.91 Å². The number of para-hydroxylation sites is 1. The molecule has 2 aromatic carbocycles. The number of hydrogen-bond acceptors (Lipinski definition) is 4. The van der Waals surface area contributed by atoms with Crippen LogP contribution in [0.1, 0.15) is 109 Å². The number of benzene rings is 2. The Morgan fingerprint density at radius 1 is 0.953 bits per heavy atom. The molecule has 234 valence electrons. The Kier molecular flexibility index (Phi) is 14.3. The molecule has 3 amide bonds. The third-order valence-corrected chi connectivity index (χ3v) is 7.09. The second-order valence-corrected chi connectivity index (χ2v) is 12.6. The highest BCUT2D eigenvalue weighted by molar-refractivity contribution is 5.99. The molecule has 0 spiro atoms. The maximum absolute atomic E-state index is 14.5. The van der Waals surface area contributed by atoms with Gasteiger partial charge in [-0.05, 0) is 75.8 Å². The summed E-state index contributed by atoms with van der Waals surface area (Å²) in [4.78, 5) is 43.1. The van der Waals surface area contributed by atoms with Crippen molar-refractivity contribution in [1.82, 2.24) is 10.2 Å². The number of terminal acetylenes is 1. The Balaban J connectivity index is 2.54. The van der Waals surface area contributed by atoms with E-state index in [1.165, 1.54) is 6.42 Å². The van der Waals surface area contributed by atoms with Crippen LogP contribution < -0.4 is 10.6 Å². The van der Waals surface area contributed by atoms with E-state index < -0.39 is 23.8 Å². The van der Waals surface area contributed by atoms with E-state index in [4.69, 9.17) is 11.2 Å². The van der Waals surface area contributed by atoms with Crippen LogP contribution in [0, 0.1) is 25.2 Å². The van der Waals surface area contributed by atoms with Gasteiger partial charge in [0.1, 0.15) is 17.7 Å². The first-order valence-corrected chi connectivity index (χ1v) is 15.6.